The molecule has 96 valence electrons. The van der Waals surface area contributed by atoms with Gasteiger partial charge in [0.15, 0.2) is 0 Å². The molecule has 0 spiro atoms. The molecular weight excluding hydrogens is 214 g/mol. The predicted molar refractivity (Wildman–Crippen MR) is 65.2 cm³/mol. The second-order valence-corrected chi connectivity index (χ2v) is 6.23. The van der Waals surface area contributed by atoms with Crippen LogP contribution >= 0.6 is 0 Å². The molecule has 5 unspecified atom stereocenters. The zero-order valence-corrected chi connectivity index (χ0v) is 11.0. The highest BCUT2D eigenvalue weighted by Gasteiger charge is 2.57. The molecular formula is C14H23NO2. The molecule has 2 aliphatic heterocycles. The van der Waals surface area contributed by atoms with E-state index in [1.54, 1.807) is 0 Å². The van der Waals surface area contributed by atoms with Gasteiger partial charge in [-0.05, 0) is 37.5 Å². The van der Waals surface area contributed by atoms with Crippen LogP contribution < -0.4 is 0 Å². The average Bonchev–Trinajstić information content (AvgIpc) is 2.87. The number of hydrogen-bond donors (Lipinski definition) is 1. The molecule has 0 aliphatic carbocycles. The first kappa shape index (κ1) is 12.9. The van der Waals surface area contributed by atoms with Gasteiger partial charge in [-0.3, -0.25) is 0 Å². The topological polar surface area (TPSA) is 53.2 Å². The molecule has 3 heteroatoms. The fraction of sp³-hybridized carbons (Fsp3) is 0.929. The number of aliphatic hydroxyl groups excluding tert-OH is 1. The van der Waals surface area contributed by atoms with Crippen molar-refractivity contribution in [1.29, 1.82) is 5.26 Å². The summed E-state index contributed by atoms with van der Waals surface area (Å²) in [7, 11) is 0. The molecule has 2 heterocycles. The second kappa shape index (κ2) is 4.59. The zero-order chi connectivity index (χ0) is 12.6. The number of aliphatic hydroxyl groups is 1. The van der Waals surface area contributed by atoms with Crippen LogP contribution in [-0.4, -0.2) is 23.4 Å². The lowest BCUT2D eigenvalue weighted by molar-refractivity contribution is -0.0280. The minimum Gasteiger partial charge on any atom is -0.391 e. The Morgan fingerprint density at radius 1 is 1.41 bits per heavy atom. The van der Waals surface area contributed by atoms with Crippen molar-refractivity contribution in [3.8, 4) is 6.07 Å². The minimum atomic E-state index is -0.642. The quantitative estimate of drug-likeness (QED) is 0.817. The number of rotatable bonds is 4. The summed E-state index contributed by atoms with van der Waals surface area (Å²) in [6.07, 6.45) is 3.29. The molecule has 2 rings (SSSR count). The first-order valence-corrected chi connectivity index (χ1v) is 6.74. The van der Waals surface area contributed by atoms with E-state index in [-0.39, 0.29) is 18.1 Å². The maximum absolute atomic E-state index is 10.5. The molecule has 0 radical (unpaired) electrons. The summed E-state index contributed by atoms with van der Waals surface area (Å²) in [5.74, 6) is 0.715. The van der Waals surface area contributed by atoms with E-state index in [2.05, 4.69) is 26.8 Å². The fourth-order valence-corrected chi connectivity index (χ4v) is 3.62. The molecule has 0 aromatic rings. The maximum Gasteiger partial charge on any atom is 0.112 e. The predicted octanol–water partition coefficient (Wildman–Crippen LogP) is 2.49. The van der Waals surface area contributed by atoms with E-state index in [9.17, 15) is 10.4 Å². The second-order valence-electron chi connectivity index (χ2n) is 6.23. The molecule has 0 amide bonds. The molecule has 5 atom stereocenters. The van der Waals surface area contributed by atoms with Crippen molar-refractivity contribution in [2.24, 2.45) is 17.3 Å². The molecule has 0 aromatic carbocycles. The van der Waals surface area contributed by atoms with E-state index in [1.807, 2.05) is 0 Å². The number of nitrogens with zero attached hydrogens (tertiary/aromatic N) is 1. The summed E-state index contributed by atoms with van der Waals surface area (Å²) < 4.78 is 5.77. The van der Waals surface area contributed by atoms with Gasteiger partial charge in [-0.25, -0.2) is 0 Å². The van der Waals surface area contributed by atoms with Crippen LogP contribution in [0.5, 0.6) is 0 Å². The molecule has 17 heavy (non-hydrogen) atoms. The van der Waals surface area contributed by atoms with E-state index in [1.165, 1.54) is 0 Å². The lowest BCUT2D eigenvalue weighted by Gasteiger charge is -2.36. The largest absolute Gasteiger partial charge is 0.391 e. The summed E-state index contributed by atoms with van der Waals surface area (Å²) in [6, 6.07) is 2.39. The Hall–Kier alpha value is -0.590. The Balaban J connectivity index is 2.11. The SMILES string of the molecule is CC(C)CC(C)C(O)C1(C#N)CC2CCC1O2. The molecule has 2 saturated heterocycles. The molecule has 1 N–H and O–H groups in total. The van der Waals surface area contributed by atoms with Gasteiger partial charge < -0.3 is 9.84 Å². The van der Waals surface area contributed by atoms with Gasteiger partial charge in [0, 0.05) is 0 Å². The molecule has 3 nitrogen and oxygen atoms in total. The summed E-state index contributed by atoms with van der Waals surface area (Å²) in [6.45, 7) is 6.36. The van der Waals surface area contributed by atoms with E-state index in [4.69, 9.17) is 4.74 Å². The third-order valence-corrected chi connectivity index (χ3v) is 4.37. The highest BCUT2D eigenvalue weighted by Crippen LogP contribution is 2.51. The van der Waals surface area contributed by atoms with E-state index in [0.29, 0.717) is 5.92 Å². The van der Waals surface area contributed by atoms with E-state index < -0.39 is 11.5 Å². The van der Waals surface area contributed by atoms with Crippen LogP contribution in [0.25, 0.3) is 0 Å². The van der Waals surface area contributed by atoms with Crippen LogP contribution in [0, 0.1) is 28.6 Å². The van der Waals surface area contributed by atoms with Crippen LogP contribution in [-0.2, 0) is 4.74 Å². The molecule has 2 fully saturated rings. The van der Waals surface area contributed by atoms with Gasteiger partial charge in [0.05, 0.1) is 24.4 Å². The number of fused-ring (bicyclic) bond motifs is 2. The fourth-order valence-electron chi connectivity index (χ4n) is 3.62. The zero-order valence-electron chi connectivity index (χ0n) is 11.0. The standard InChI is InChI=1S/C14H23NO2/c1-9(2)6-10(3)13(16)14(8-15)7-11-4-5-12(14)17-11/h9-13,16H,4-7H2,1-3H3. The van der Waals surface area contributed by atoms with Crippen molar-refractivity contribution >= 4 is 0 Å². The summed E-state index contributed by atoms with van der Waals surface area (Å²) in [5.41, 5.74) is -0.642. The van der Waals surface area contributed by atoms with Gasteiger partial charge >= 0.3 is 0 Å². The molecule has 2 aliphatic rings. The Morgan fingerprint density at radius 2 is 2.12 bits per heavy atom. The monoisotopic (exact) mass is 237 g/mol. The average molecular weight is 237 g/mol. The molecule has 0 saturated carbocycles. The Bertz CT molecular complexity index is 323. The van der Waals surface area contributed by atoms with Crippen LogP contribution in [0.2, 0.25) is 0 Å². The van der Waals surface area contributed by atoms with Gasteiger partial charge in [0.2, 0.25) is 0 Å². The number of hydrogen-bond acceptors (Lipinski definition) is 3. The van der Waals surface area contributed by atoms with Crippen molar-refractivity contribution in [2.45, 2.75) is 64.8 Å². The third kappa shape index (κ3) is 2.09. The summed E-state index contributed by atoms with van der Waals surface area (Å²) >= 11 is 0. The van der Waals surface area contributed by atoms with Crippen LogP contribution in [0.4, 0.5) is 0 Å². The Morgan fingerprint density at radius 3 is 2.53 bits per heavy atom. The first-order valence-electron chi connectivity index (χ1n) is 6.74. The van der Waals surface area contributed by atoms with Gasteiger partial charge in [0.1, 0.15) is 5.41 Å². The van der Waals surface area contributed by atoms with Crippen molar-refractivity contribution in [2.75, 3.05) is 0 Å². The van der Waals surface area contributed by atoms with Crippen LogP contribution in [0.3, 0.4) is 0 Å². The first-order chi connectivity index (χ1) is 7.99. The highest BCUT2D eigenvalue weighted by atomic mass is 16.5. The van der Waals surface area contributed by atoms with E-state index in [0.717, 1.165) is 25.7 Å². The van der Waals surface area contributed by atoms with Crippen molar-refractivity contribution in [3.63, 3.8) is 0 Å². The van der Waals surface area contributed by atoms with Crippen LogP contribution in [0.1, 0.15) is 46.5 Å². The van der Waals surface area contributed by atoms with Crippen molar-refractivity contribution < 1.29 is 9.84 Å². The van der Waals surface area contributed by atoms with Crippen molar-refractivity contribution in [3.05, 3.63) is 0 Å². The lowest BCUT2D eigenvalue weighted by Crippen LogP contribution is -2.45. The lowest BCUT2D eigenvalue weighted by atomic mass is 9.67. The third-order valence-electron chi connectivity index (χ3n) is 4.37. The van der Waals surface area contributed by atoms with Gasteiger partial charge in [-0.2, -0.15) is 5.26 Å². The number of nitriles is 1. The van der Waals surface area contributed by atoms with Crippen molar-refractivity contribution in [1.82, 2.24) is 0 Å². The van der Waals surface area contributed by atoms with Gasteiger partial charge in [-0.1, -0.05) is 20.8 Å². The summed E-state index contributed by atoms with van der Waals surface area (Å²) in [4.78, 5) is 0. The molecule has 0 aromatic heterocycles. The van der Waals surface area contributed by atoms with E-state index >= 15 is 0 Å². The number of ether oxygens (including phenoxy) is 1. The summed E-state index contributed by atoms with van der Waals surface area (Å²) in [5, 5.41) is 20.0. The normalized spacial score (nSPS) is 39.3. The highest BCUT2D eigenvalue weighted by molar-refractivity contribution is 5.16. The minimum absolute atomic E-state index is 0.0397. The van der Waals surface area contributed by atoms with Gasteiger partial charge in [0.25, 0.3) is 0 Å². The maximum atomic E-state index is 10.5. The van der Waals surface area contributed by atoms with Gasteiger partial charge in [-0.15, -0.1) is 0 Å². The Labute approximate surface area is 104 Å². The Kier molecular flexibility index (Phi) is 3.47. The molecule has 2 bridgehead atoms. The van der Waals surface area contributed by atoms with Crippen LogP contribution in [0.15, 0.2) is 0 Å². The smallest absolute Gasteiger partial charge is 0.112 e.